The van der Waals surface area contributed by atoms with Gasteiger partial charge in [0.15, 0.2) is 5.78 Å². The summed E-state index contributed by atoms with van der Waals surface area (Å²) in [5, 5.41) is 3.38. The van der Waals surface area contributed by atoms with E-state index in [1.54, 1.807) is 0 Å². The molecule has 0 aromatic heterocycles. The second-order valence-electron chi connectivity index (χ2n) is 10.4. The van der Waals surface area contributed by atoms with Gasteiger partial charge in [-0.25, -0.2) is 4.79 Å². The highest BCUT2D eigenvalue weighted by Gasteiger charge is 2.44. The van der Waals surface area contributed by atoms with Gasteiger partial charge in [-0.1, -0.05) is 50.2 Å². The third-order valence-corrected chi connectivity index (χ3v) is 6.38. The monoisotopic (exact) mass is 489 g/mol. The summed E-state index contributed by atoms with van der Waals surface area (Å²) in [7, 11) is 0. The van der Waals surface area contributed by atoms with E-state index in [-0.39, 0.29) is 30.5 Å². The number of esters is 1. The highest BCUT2D eigenvalue weighted by atomic mass is 16.6. The van der Waals surface area contributed by atoms with Crippen LogP contribution in [0.25, 0.3) is 0 Å². The normalized spacial score (nSPS) is 19.1. The smallest absolute Gasteiger partial charge is 0.336 e. The topological polar surface area (TPSA) is 73.9 Å². The average molecular weight is 490 g/mol. The van der Waals surface area contributed by atoms with Gasteiger partial charge in [-0.2, -0.15) is 0 Å². The number of carbonyl (C=O) groups excluding carboxylic acids is 2. The van der Waals surface area contributed by atoms with Crippen molar-refractivity contribution in [1.29, 1.82) is 0 Å². The Morgan fingerprint density at radius 2 is 1.72 bits per heavy atom. The molecule has 4 rings (SSSR count). The number of hydrogen-bond donors (Lipinski definition) is 1. The third kappa shape index (κ3) is 5.64. The van der Waals surface area contributed by atoms with Crippen LogP contribution in [0.5, 0.6) is 11.5 Å². The number of rotatable bonds is 8. The predicted molar refractivity (Wildman–Crippen MR) is 139 cm³/mol. The third-order valence-electron chi connectivity index (χ3n) is 6.38. The molecule has 6 nitrogen and oxygen atoms in total. The molecule has 0 fully saturated rings. The first-order valence-corrected chi connectivity index (χ1v) is 12.5. The molecule has 2 aromatic carbocycles. The first kappa shape index (κ1) is 25.5. The van der Waals surface area contributed by atoms with Gasteiger partial charge in [0.1, 0.15) is 24.7 Å². The van der Waals surface area contributed by atoms with Crippen LogP contribution in [0.15, 0.2) is 77.1 Å². The summed E-state index contributed by atoms with van der Waals surface area (Å²) in [4.78, 5) is 27.0. The first-order valence-electron chi connectivity index (χ1n) is 12.5. The zero-order valence-electron chi connectivity index (χ0n) is 21.7. The van der Waals surface area contributed by atoms with Crippen LogP contribution in [0.3, 0.4) is 0 Å². The standard InChI is InChI=1S/C30H35NO5/c1-19(2)36-25-14-10-9-13-22(25)27-26(29(33)35-16-15-34-21-11-7-6-8-12-21)20(3)31-23-17-30(4,5)18-24(32)28(23)27/h6-14,19,27,31H,15-18H2,1-5H3/t27-/m1/s1. The zero-order chi connectivity index (χ0) is 25.9. The Morgan fingerprint density at radius 1 is 1.03 bits per heavy atom. The Kier molecular flexibility index (Phi) is 7.53. The van der Waals surface area contributed by atoms with Crippen LogP contribution >= 0.6 is 0 Å². The van der Waals surface area contributed by atoms with E-state index in [0.717, 1.165) is 17.7 Å². The molecule has 1 aliphatic heterocycles. The second-order valence-corrected chi connectivity index (χ2v) is 10.4. The number of para-hydroxylation sites is 2. The molecule has 1 heterocycles. The van der Waals surface area contributed by atoms with Crippen LogP contribution in [0, 0.1) is 5.41 Å². The molecule has 0 radical (unpaired) electrons. The fourth-order valence-corrected chi connectivity index (χ4v) is 4.99. The van der Waals surface area contributed by atoms with Crippen molar-refractivity contribution in [2.75, 3.05) is 13.2 Å². The van der Waals surface area contributed by atoms with Gasteiger partial charge in [0, 0.05) is 29.0 Å². The van der Waals surface area contributed by atoms with Crippen molar-refractivity contribution < 1.29 is 23.8 Å². The minimum atomic E-state index is -0.567. The number of dihydropyridines is 1. The minimum Gasteiger partial charge on any atom is -0.491 e. The first-order chi connectivity index (χ1) is 17.2. The Bertz CT molecular complexity index is 1190. The molecule has 0 amide bonds. The van der Waals surface area contributed by atoms with E-state index in [2.05, 4.69) is 19.2 Å². The lowest BCUT2D eigenvalue weighted by Gasteiger charge is -2.39. The molecule has 6 heteroatoms. The van der Waals surface area contributed by atoms with Gasteiger partial charge in [-0.05, 0) is 50.8 Å². The Balaban J connectivity index is 1.66. The molecule has 36 heavy (non-hydrogen) atoms. The maximum atomic E-state index is 13.5. The summed E-state index contributed by atoms with van der Waals surface area (Å²) < 4.78 is 17.5. The van der Waals surface area contributed by atoms with E-state index in [0.29, 0.717) is 34.8 Å². The molecule has 1 atom stereocenters. The highest BCUT2D eigenvalue weighted by Crippen LogP contribution is 2.48. The number of carbonyl (C=O) groups is 2. The summed E-state index contributed by atoms with van der Waals surface area (Å²) in [5.41, 5.74) is 3.27. The van der Waals surface area contributed by atoms with Crippen molar-refractivity contribution in [3.63, 3.8) is 0 Å². The Hall–Kier alpha value is -3.54. The minimum absolute atomic E-state index is 0.0447. The molecule has 0 saturated heterocycles. The molecule has 0 saturated carbocycles. The largest absolute Gasteiger partial charge is 0.491 e. The van der Waals surface area contributed by atoms with Crippen molar-refractivity contribution in [2.24, 2.45) is 5.41 Å². The summed E-state index contributed by atoms with van der Waals surface area (Å²) >= 11 is 0. The molecule has 2 aromatic rings. The number of benzene rings is 2. The van der Waals surface area contributed by atoms with Crippen molar-refractivity contribution >= 4 is 11.8 Å². The van der Waals surface area contributed by atoms with E-state index in [1.807, 2.05) is 75.4 Å². The van der Waals surface area contributed by atoms with Gasteiger partial charge in [-0.3, -0.25) is 4.79 Å². The van der Waals surface area contributed by atoms with E-state index in [9.17, 15) is 9.59 Å². The van der Waals surface area contributed by atoms with Crippen LogP contribution < -0.4 is 14.8 Å². The molecular formula is C30H35NO5. The highest BCUT2D eigenvalue weighted by molar-refractivity contribution is 6.04. The molecule has 1 aliphatic carbocycles. The van der Waals surface area contributed by atoms with Gasteiger partial charge >= 0.3 is 5.97 Å². The molecule has 0 bridgehead atoms. The molecule has 0 unspecified atom stereocenters. The maximum Gasteiger partial charge on any atom is 0.336 e. The molecular weight excluding hydrogens is 454 g/mol. The van der Waals surface area contributed by atoms with Gasteiger partial charge in [-0.15, -0.1) is 0 Å². The summed E-state index contributed by atoms with van der Waals surface area (Å²) in [5.74, 6) is 0.386. The van der Waals surface area contributed by atoms with Gasteiger partial charge in [0.25, 0.3) is 0 Å². The lowest BCUT2D eigenvalue weighted by molar-refractivity contribution is -0.140. The van der Waals surface area contributed by atoms with E-state index < -0.39 is 11.9 Å². The zero-order valence-corrected chi connectivity index (χ0v) is 21.7. The lowest BCUT2D eigenvalue weighted by Crippen LogP contribution is -2.39. The summed E-state index contributed by atoms with van der Waals surface area (Å²) in [6.07, 6.45) is 1.09. The predicted octanol–water partition coefficient (Wildman–Crippen LogP) is 5.70. The van der Waals surface area contributed by atoms with Crippen molar-refractivity contribution in [3.8, 4) is 11.5 Å². The number of nitrogens with one attached hydrogen (secondary N) is 1. The Morgan fingerprint density at radius 3 is 2.44 bits per heavy atom. The number of hydrogen-bond acceptors (Lipinski definition) is 6. The molecule has 1 N–H and O–H groups in total. The number of ether oxygens (including phenoxy) is 3. The summed E-state index contributed by atoms with van der Waals surface area (Å²) in [6, 6.07) is 17.0. The van der Waals surface area contributed by atoms with Crippen LogP contribution in [0.4, 0.5) is 0 Å². The van der Waals surface area contributed by atoms with Gasteiger partial charge in [0.2, 0.25) is 0 Å². The SMILES string of the molecule is CC1=C(C(=O)OCCOc2ccccc2)[C@@H](c2ccccc2OC(C)C)C2=C(CC(C)(C)CC2=O)N1. The van der Waals surface area contributed by atoms with Crippen LogP contribution in [0.1, 0.15) is 58.9 Å². The van der Waals surface area contributed by atoms with Gasteiger partial charge in [0.05, 0.1) is 17.6 Å². The fourth-order valence-electron chi connectivity index (χ4n) is 4.99. The van der Waals surface area contributed by atoms with Gasteiger partial charge < -0.3 is 19.5 Å². The number of ketones is 1. The van der Waals surface area contributed by atoms with Crippen molar-refractivity contribution in [2.45, 2.75) is 59.5 Å². The van der Waals surface area contributed by atoms with Crippen molar-refractivity contribution in [3.05, 3.63) is 82.7 Å². The van der Waals surface area contributed by atoms with Crippen LogP contribution in [-0.2, 0) is 14.3 Å². The lowest BCUT2D eigenvalue weighted by atomic mass is 9.68. The maximum absolute atomic E-state index is 13.5. The van der Waals surface area contributed by atoms with Crippen LogP contribution in [-0.4, -0.2) is 31.1 Å². The second kappa shape index (κ2) is 10.6. The molecule has 190 valence electrons. The van der Waals surface area contributed by atoms with Crippen LogP contribution in [0.2, 0.25) is 0 Å². The Labute approximate surface area is 213 Å². The van der Waals surface area contributed by atoms with E-state index >= 15 is 0 Å². The van der Waals surface area contributed by atoms with E-state index in [1.165, 1.54) is 0 Å². The quantitative estimate of drug-likeness (QED) is 0.379. The molecule has 0 spiro atoms. The van der Waals surface area contributed by atoms with Crippen molar-refractivity contribution in [1.82, 2.24) is 5.32 Å². The van der Waals surface area contributed by atoms with E-state index in [4.69, 9.17) is 14.2 Å². The number of allylic oxidation sites excluding steroid dienone is 3. The fraction of sp³-hybridized carbons (Fsp3) is 0.400. The summed E-state index contributed by atoms with van der Waals surface area (Å²) in [6.45, 7) is 10.3. The average Bonchev–Trinajstić information content (AvgIpc) is 2.80. The molecule has 2 aliphatic rings. The number of Topliss-reactive ketones (excluding diaryl/α,β-unsaturated/α-hetero) is 1.